The summed E-state index contributed by atoms with van der Waals surface area (Å²) in [6.07, 6.45) is 6.23. The topological polar surface area (TPSA) is 24.8 Å². The van der Waals surface area contributed by atoms with Crippen LogP contribution in [0.1, 0.15) is 40.5 Å². The van der Waals surface area contributed by atoms with Crippen LogP contribution in [0.4, 0.5) is 0 Å². The molecule has 2 rings (SSSR count). The van der Waals surface area contributed by atoms with Crippen LogP contribution in [0.3, 0.4) is 0 Å². The second kappa shape index (κ2) is 5.72. The highest BCUT2D eigenvalue weighted by molar-refractivity contribution is 6.00. The molecule has 0 bridgehead atoms. The van der Waals surface area contributed by atoms with Crippen LogP contribution in [0.25, 0.3) is 0 Å². The lowest BCUT2D eigenvalue weighted by atomic mass is 9.72. The van der Waals surface area contributed by atoms with Gasteiger partial charge in [-0.05, 0) is 30.8 Å². The van der Waals surface area contributed by atoms with Gasteiger partial charge in [0.2, 0.25) is 0 Å². The SMILES string of the molecule is C=CN=C(/C(=C\C)C(C)(C)C)N1CC2(CCOCC2)C1. The van der Waals surface area contributed by atoms with E-state index in [9.17, 15) is 0 Å². The molecule has 0 amide bonds. The molecule has 0 saturated carbocycles. The first-order valence-electron chi connectivity index (χ1n) is 7.60. The molecular formula is C17H28N2O. The van der Waals surface area contributed by atoms with Gasteiger partial charge in [0.1, 0.15) is 5.84 Å². The van der Waals surface area contributed by atoms with Gasteiger partial charge < -0.3 is 9.64 Å². The van der Waals surface area contributed by atoms with Gasteiger partial charge in [0.15, 0.2) is 0 Å². The van der Waals surface area contributed by atoms with Crippen LogP contribution in [-0.4, -0.2) is 37.0 Å². The van der Waals surface area contributed by atoms with Crippen molar-refractivity contribution in [2.75, 3.05) is 26.3 Å². The van der Waals surface area contributed by atoms with E-state index in [0.717, 1.165) is 32.1 Å². The molecule has 0 aromatic carbocycles. The Balaban J connectivity index is 2.13. The molecule has 0 atom stereocenters. The second-order valence-corrected chi connectivity index (χ2v) is 7.06. The minimum atomic E-state index is 0.106. The lowest BCUT2D eigenvalue weighted by molar-refractivity contribution is -0.0531. The van der Waals surface area contributed by atoms with Crippen molar-refractivity contribution in [3.8, 4) is 0 Å². The first kappa shape index (κ1) is 15.3. The Hall–Kier alpha value is -1.09. The maximum Gasteiger partial charge on any atom is 0.131 e. The number of ether oxygens (including phenoxy) is 1. The van der Waals surface area contributed by atoms with E-state index in [0.29, 0.717) is 5.41 Å². The largest absolute Gasteiger partial charge is 0.381 e. The molecule has 2 fully saturated rings. The van der Waals surface area contributed by atoms with Crippen molar-refractivity contribution < 1.29 is 4.74 Å². The van der Waals surface area contributed by atoms with E-state index < -0.39 is 0 Å². The first-order chi connectivity index (χ1) is 9.42. The van der Waals surface area contributed by atoms with Crippen LogP contribution in [0, 0.1) is 10.8 Å². The van der Waals surface area contributed by atoms with Crippen molar-refractivity contribution in [1.29, 1.82) is 0 Å². The molecule has 0 radical (unpaired) electrons. The van der Waals surface area contributed by atoms with Gasteiger partial charge in [0, 0.05) is 37.9 Å². The third-order valence-electron chi connectivity index (χ3n) is 4.46. The molecule has 1 spiro atoms. The Labute approximate surface area is 123 Å². The van der Waals surface area contributed by atoms with E-state index in [1.807, 2.05) is 0 Å². The monoisotopic (exact) mass is 276 g/mol. The van der Waals surface area contributed by atoms with Gasteiger partial charge in [0.05, 0.1) is 0 Å². The lowest BCUT2D eigenvalue weighted by Crippen LogP contribution is -2.61. The predicted molar refractivity (Wildman–Crippen MR) is 84.9 cm³/mol. The summed E-state index contributed by atoms with van der Waals surface area (Å²) in [5.41, 5.74) is 1.88. The van der Waals surface area contributed by atoms with Crippen molar-refractivity contribution in [1.82, 2.24) is 4.90 Å². The normalized spacial score (nSPS) is 23.7. The highest BCUT2D eigenvalue weighted by Crippen LogP contribution is 2.42. The van der Waals surface area contributed by atoms with Crippen molar-refractivity contribution >= 4 is 5.84 Å². The smallest absolute Gasteiger partial charge is 0.131 e. The molecule has 0 aromatic rings. The van der Waals surface area contributed by atoms with E-state index in [1.165, 1.54) is 18.4 Å². The number of nitrogens with zero attached hydrogens (tertiary/aromatic N) is 2. The Morgan fingerprint density at radius 3 is 2.30 bits per heavy atom. The van der Waals surface area contributed by atoms with Gasteiger partial charge in [-0.1, -0.05) is 33.4 Å². The molecule has 20 heavy (non-hydrogen) atoms. The molecule has 2 saturated heterocycles. The molecule has 3 nitrogen and oxygen atoms in total. The lowest BCUT2D eigenvalue weighted by Gasteiger charge is -2.54. The maximum absolute atomic E-state index is 5.49. The summed E-state index contributed by atoms with van der Waals surface area (Å²) >= 11 is 0. The van der Waals surface area contributed by atoms with E-state index in [4.69, 9.17) is 4.74 Å². The van der Waals surface area contributed by atoms with Crippen LogP contribution in [-0.2, 0) is 4.74 Å². The Morgan fingerprint density at radius 1 is 1.25 bits per heavy atom. The molecule has 0 aliphatic carbocycles. The van der Waals surface area contributed by atoms with E-state index in [1.54, 1.807) is 6.20 Å². The number of amidine groups is 1. The summed E-state index contributed by atoms with van der Waals surface area (Å²) < 4.78 is 5.49. The van der Waals surface area contributed by atoms with Gasteiger partial charge in [0.25, 0.3) is 0 Å². The van der Waals surface area contributed by atoms with Crippen LogP contribution < -0.4 is 0 Å². The zero-order valence-corrected chi connectivity index (χ0v) is 13.4. The van der Waals surface area contributed by atoms with E-state index in [2.05, 4.69) is 50.2 Å². The van der Waals surface area contributed by atoms with E-state index >= 15 is 0 Å². The van der Waals surface area contributed by atoms with Crippen molar-refractivity contribution in [3.05, 3.63) is 24.4 Å². The molecule has 0 aromatic heterocycles. The molecule has 2 aliphatic heterocycles. The second-order valence-electron chi connectivity index (χ2n) is 7.06. The number of allylic oxidation sites excluding steroid dienone is 1. The van der Waals surface area contributed by atoms with Crippen LogP contribution in [0.2, 0.25) is 0 Å². The van der Waals surface area contributed by atoms with Gasteiger partial charge >= 0.3 is 0 Å². The number of aliphatic imine (C=N–C) groups is 1. The molecule has 3 heteroatoms. The van der Waals surface area contributed by atoms with E-state index in [-0.39, 0.29) is 5.41 Å². The first-order valence-corrected chi connectivity index (χ1v) is 7.60. The fraction of sp³-hybridized carbons (Fsp3) is 0.706. The van der Waals surface area contributed by atoms with Gasteiger partial charge in [-0.2, -0.15) is 0 Å². The average molecular weight is 276 g/mol. The molecule has 0 unspecified atom stereocenters. The average Bonchev–Trinajstić information content (AvgIpc) is 2.35. The zero-order chi connectivity index (χ0) is 14.8. The number of hydrogen-bond acceptors (Lipinski definition) is 2. The molecule has 112 valence electrons. The molecule has 2 heterocycles. The molecular weight excluding hydrogens is 248 g/mol. The summed E-state index contributed by atoms with van der Waals surface area (Å²) in [5, 5.41) is 0. The number of rotatable bonds is 2. The van der Waals surface area contributed by atoms with Crippen molar-refractivity contribution in [2.24, 2.45) is 15.8 Å². The number of likely N-dealkylation sites (tertiary alicyclic amines) is 1. The summed E-state index contributed by atoms with van der Waals surface area (Å²) in [5.74, 6) is 1.10. The highest BCUT2D eigenvalue weighted by Gasteiger charge is 2.46. The summed E-state index contributed by atoms with van der Waals surface area (Å²) in [6.45, 7) is 16.6. The zero-order valence-electron chi connectivity index (χ0n) is 13.4. The Kier molecular flexibility index (Phi) is 4.38. The fourth-order valence-electron chi connectivity index (χ4n) is 3.34. The van der Waals surface area contributed by atoms with Crippen LogP contribution in [0.15, 0.2) is 29.4 Å². The van der Waals surface area contributed by atoms with Gasteiger partial charge in [-0.3, -0.25) is 0 Å². The highest BCUT2D eigenvalue weighted by atomic mass is 16.5. The minimum absolute atomic E-state index is 0.106. The van der Waals surface area contributed by atoms with Crippen molar-refractivity contribution in [2.45, 2.75) is 40.5 Å². The molecule has 2 aliphatic rings. The Morgan fingerprint density at radius 2 is 1.85 bits per heavy atom. The summed E-state index contributed by atoms with van der Waals surface area (Å²) in [7, 11) is 0. The third-order valence-corrected chi connectivity index (χ3v) is 4.46. The third kappa shape index (κ3) is 2.98. The van der Waals surface area contributed by atoms with Crippen LogP contribution in [0.5, 0.6) is 0 Å². The Bertz CT molecular complexity index is 415. The maximum atomic E-state index is 5.49. The van der Waals surface area contributed by atoms with Gasteiger partial charge in [-0.15, -0.1) is 0 Å². The standard InChI is InChI=1S/C17H28N2O/c1-6-14(16(3,4)5)15(18-7-2)19-12-17(13-19)8-10-20-11-9-17/h6-7H,2,8-13H2,1,3-5H3/b14-6+,18-15?. The summed E-state index contributed by atoms with van der Waals surface area (Å²) in [4.78, 5) is 6.98. The quantitative estimate of drug-likeness (QED) is 0.568. The summed E-state index contributed by atoms with van der Waals surface area (Å²) in [6, 6.07) is 0. The molecule has 0 N–H and O–H groups in total. The van der Waals surface area contributed by atoms with Gasteiger partial charge in [-0.25, -0.2) is 4.99 Å². The fourth-order valence-corrected chi connectivity index (χ4v) is 3.34. The van der Waals surface area contributed by atoms with Crippen molar-refractivity contribution in [3.63, 3.8) is 0 Å². The van der Waals surface area contributed by atoms with Crippen LogP contribution >= 0.6 is 0 Å². The number of hydrogen-bond donors (Lipinski definition) is 0. The predicted octanol–water partition coefficient (Wildman–Crippen LogP) is 3.63. The minimum Gasteiger partial charge on any atom is -0.381 e.